The van der Waals surface area contributed by atoms with Gasteiger partial charge < -0.3 is 5.11 Å². The number of aromatic hydroxyl groups is 1. The summed E-state index contributed by atoms with van der Waals surface area (Å²) >= 11 is 0.922. The highest BCUT2D eigenvalue weighted by atomic mass is 32.2. The largest absolute Gasteiger partial charge is 0.508 e. The van der Waals surface area contributed by atoms with E-state index in [1.165, 1.54) is 17.7 Å². The average molecular weight is 325 g/mol. The molecular weight excluding hydrogens is 310 g/mol. The van der Waals surface area contributed by atoms with Crippen molar-refractivity contribution in [2.75, 3.05) is 4.90 Å². The summed E-state index contributed by atoms with van der Waals surface area (Å²) in [6.07, 6.45) is 2.68. The third kappa shape index (κ3) is 3.14. The van der Waals surface area contributed by atoms with Crippen LogP contribution in [0, 0.1) is 0 Å². The minimum atomic E-state index is -0.342. The number of amides is 2. The van der Waals surface area contributed by atoms with Crippen LogP contribution in [0.25, 0.3) is 6.08 Å². The topological polar surface area (TPSA) is 57.6 Å². The molecule has 0 radical (unpaired) electrons. The zero-order valence-corrected chi connectivity index (χ0v) is 13.3. The molecule has 0 unspecified atom stereocenters. The first kappa shape index (κ1) is 15.4. The lowest BCUT2D eigenvalue weighted by atomic mass is 10.1. The second-order valence-electron chi connectivity index (χ2n) is 5.13. The van der Waals surface area contributed by atoms with Crippen LogP contribution in [-0.4, -0.2) is 16.3 Å². The minimum Gasteiger partial charge on any atom is -0.508 e. The molecule has 0 aliphatic carbocycles. The fourth-order valence-electron chi connectivity index (χ4n) is 2.29. The maximum absolute atomic E-state index is 12.5. The minimum absolute atomic E-state index is 0.0901. The molecule has 1 aliphatic heterocycles. The molecule has 23 heavy (non-hydrogen) atoms. The molecule has 4 nitrogen and oxygen atoms in total. The van der Waals surface area contributed by atoms with Gasteiger partial charge in [0.1, 0.15) is 5.75 Å². The van der Waals surface area contributed by atoms with Crippen LogP contribution < -0.4 is 4.90 Å². The number of hydrogen-bond donors (Lipinski definition) is 1. The lowest BCUT2D eigenvalue weighted by Gasteiger charge is -2.12. The number of phenolic OH excluding ortho intramolecular Hbond substituents is 1. The number of hydrogen-bond acceptors (Lipinski definition) is 4. The van der Waals surface area contributed by atoms with Gasteiger partial charge in [0, 0.05) is 0 Å². The zero-order chi connectivity index (χ0) is 16.4. The number of aryl methyl sites for hydroxylation is 1. The van der Waals surface area contributed by atoms with Gasteiger partial charge in [-0.1, -0.05) is 31.2 Å². The van der Waals surface area contributed by atoms with Crippen LogP contribution in [0.3, 0.4) is 0 Å². The molecular formula is C18H15NO3S. The van der Waals surface area contributed by atoms with E-state index in [0.29, 0.717) is 10.6 Å². The normalized spacial score (nSPS) is 16.4. The first-order valence-corrected chi connectivity index (χ1v) is 8.06. The van der Waals surface area contributed by atoms with Crippen molar-refractivity contribution in [2.24, 2.45) is 0 Å². The van der Waals surface area contributed by atoms with E-state index in [-0.39, 0.29) is 16.9 Å². The fourth-order valence-corrected chi connectivity index (χ4v) is 3.13. The quantitative estimate of drug-likeness (QED) is 0.860. The third-order valence-corrected chi connectivity index (χ3v) is 4.46. The number of anilines is 1. The fraction of sp³-hybridized carbons (Fsp3) is 0.111. The number of rotatable bonds is 3. The van der Waals surface area contributed by atoms with Crippen molar-refractivity contribution in [3.8, 4) is 5.75 Å². The Kier molecular flexibility index (Phi) is 4.21. The van der Waals surface area contributed by atoms with E-state index < -0.39 is 0 Å². The Labute approximate surface area is 138 Å². The van der Waals surface area contributed by atoms with Crippen molar-refractivity contribution >= 4 is 34.7 Å². The Morgan fingerprint density at radius 1 is 1.04 bits per heavy atom. The molecule has 5 heteroatoms. The lowest BCUT2D eigenvalue weighted by molar-refractivity contribution is -0.113. The van der Waals surface area contributed by atoms with E-state index in [0.717, 1.165) is 28.6 Å². The molecule has 0 bridgehead atoms. The summed E-state index contributed by atoms with van der Waals surface area (Å²) in [6.45, 7) is 2.08. The van der Waals surface area contributed by atoms with E-state index in [4.69, 9.17) is 0 Å². The second kappa shape index (κ2) is 6.30. The first-order valence-electron chi connectivity index (χ1n) is 7.24. The SMILES string of the molecule is CCc1ccc(/C=C2\SC(=O)N(c3ccc(O)cc3)C2=O)cc1. The predicted molar refractivity (Wildman–Crippen MR) is 92.4 cm³/mol. The Bertz CT molecular complexity index is 779. The van der Waals surface area contributed by atoms with Crippen molar-refractivity contribution in [1.29, 1.82) is 0 Å². The molecule has 2 aromatic rings. The molecule has 1 heterocycles. The number of thioether (sulfide) groups is 1. The summed E-state index contributed by atoms with van der Waals surface area (Å²) < 4.78 is 0. The van der Waals surface area contributed by atoms with Gasteiger partial charge in [0.25, 0.3) is 11.1 Å². The van der Waals surface area contributed by atoms with Gasteiger partial charge in [-0.2, -0.15) is 0 Å². The van der Waals surface area contributed by atoms with Gasteiger partial charge in [-0.15, -0.1) is 0 Å². The molecule has 1 saturated heterocycles. The molecule has 116 valence electrons. The molecule has 1 aliphatic rings. The molecule has 1 N–H and O–H groups in total. The number of phenols is 1. The van der Waals surface area contributed by atoms with E-state index >= 15 is 0 Å². The van der Waals surface area contributed by atoms with Crippen LogP contribution in [0.15, 0.2) is 53.4 Å². The zero-order valence-electron chi connectivity index (χ0n) is 12.5. The van der Waals surface area contributed by atoms with Crippen molar-refractivity contribution in [1.82, 2.24) is 0 Å². The van der Waals surface area contributed by atoms with Gasteiger partial charge in [0.2, 0.25) is 0 Å². The first-order chi connectivity index (χ1) is 11.1. The van der Waals surface area contributed by atoms with Crippen molar-refractivity contribution in [2.45, 2.75) is 13.3 Å². The van der Waals surface area contributed by atoms with E-state index in [2.05, 4.69) is 6.92 Å². The molecule has 0 spiro atoms. The summed E-state index contributed by atoms with van der Waals surface area (Å²) in [5, 5.41) is 8.98. The summed E-state index contributed by atoms with van der Waals surface area (Å²) in [7, 11) is 0. The highest BCUT2D eigenvalue weighted by Crippen LogP contribution is 2.36. The summed E-state index contributed by atoms with van der Waals surface area (Å²) in [6, 6.07) is 13.9. The molecule has 2 amide bonds. The maximum Gasteiger partial charge on any atom is 0.298 e. The molecule has 1 fully saturated rings. The maximum atomic E-state index is 12.5. The van der Waals surface area contributed by atoms with Crippen LogP contribution in [-0.2, 0) is 11.2 Å². The van der Waals surface area contributed by atoms with Crippen LogP contribution in [0.5, 0.6) is 5.75 Å². The van der Waals surface area contributed by atoms with E-state index in [1.807, 2.05) is 24.3 Å². The van der Waals surface area contributed by atoms with E-state index in [9.17, 15) is 14.7 Å². The standard InChI is InChI=1S/C18H15NO3S/c1-2-12-3-5-13(6-4-12)11-16-17(21)19(18(22)23-16)14-7-9-15(20)10-8-14/h3-11,20H,2H2,1H3/b16-11-. The number of nitrogens with zero attached hydrogens (tertiary/aromatic N) is 1. The Balaban J connectivity index is 1.88. The van der Waals surface area contributed by atoms with Gasteiger partial charge in [-0.3, -0.25) is 9.59 Å². The Hall–Kier alpha value is -2.53. The Morgan fingerprint density at radius 3 is 2.30 bits per heavy atom. The monoisotopic (exact) mass is 325 g/mol. The average Bonchev–Trinajstić information content (AvgIpc) is 2.83. The van der Waals surface area contributed by atoms with Crippen molar-refractivity contribution in [3.05, 3.63) is 64.6 Å². The summed E-state index contributed by atoms with van der Waals surface area (Å²) in [5.41, 5.74) is 2.56. The van der Waals surface area contributed by atoms with Gasteiger partial charge in [0.15, 0.2) is 0 Å². The van der Waals surface area contributed by atoms with Crippen LogP contribution in [0.2, 0.25) is 0 Å². The van der Waals surface area contributed by atoms with Crippen LogP contribution in [0.4, 0.5) is 10.5 Å². The molecule has 3 rings (SSSR count). The van der Waals surface area contributed by atoms with Gasteiger partial charge in [-0.25, -0.2) is 4.90 Å². The van der Waals surface area contributed by atoms with Gasteiger partial charge in [0.05, 0.1) is 10.6 Å². The second-order valence-corrected chi connectivity index (χ2v) is 6.12. The Morgan fingerprint density at radius 2 is 1.70 bits per heavy atom. The lowest BCUT2D eigenvalue weighted by Crippen LogP contribution is -2.27. The van der Waals surface area contributed by atoms with Crippen molar-refractivity contribution in [3.63, 3.8) is 0 Å². The number of benzene rings is 2. The van der Waals surface area contributed by atoms with Crippen LogP contribution >= 0.6 is 11.8 Å². The van der Waals surface area contributed by atoms with Crippen LogP contribution in [0.1, 0.15) is 18.1 Å². The number of carbonyl (C=O) groups excluding carboxylic acids is 2. The summed E-state index contributed by atoms with van der Waals surface area (Å²) in [5.74, 6) is -0.252. The molecule has 2 aromatic carbocycles. The third-order valence-electron chi connectivity index (χ3n) is 3.59. The van der Waals surface area contributed by atoms with E-state index in [1.54, 1.807) is 18.2 Å². The number of imide groups is 1. The number of carbonyl (C=O) groups is 2. The van der Waals surface area contributed by atoms with Crippen molar-refractivity contribution < 1.29 is 14.7 Å². The highest BCUT2D eigenvalue weighted by molar-refractivity contribution is 8.19. The predicted octanol–water partition coefficient (Wildman–Crippen LogP) is 4.20. The smallest absolute Gasteiger partial charge is 0.298 e. The van der Waals surface area contributed by atoms with Gasteiger partial charge >= 0.3 is 0 Å². The summed E-state index contributed by atoms with van der Waals surface area (Å²) in [4.78, 5) is 26.1. The molecule has 0 saturated carbocycles. The highest BCUT2D eigenvalue weighted by Gasteiger charge is 2.36. The van der Waals surface area contributed by atoms with Gasteiger partial charge in [-0.05, 0) is 59.7 Å². The molecule has 0 aromatic heterocycles. The molecule has 0 atom stereocenters.